The summed E-state index contributed by atoms with van der Waals surface area (Å²) in [5, 5.41) is 4.76. The van der Waals surface area contributed by atoms with Crippen molar-refractivity contribution >= 4 is 11.6 Å². The third kappa shape index (κ3) is 4.07. The summed E-state index contributed by atoms with van der Waals surface area (Å²) in [5.74, 6) is 2.47. The highest BCUT2D eigenvalue weighted by Crippen LogP contribution is 2.66. The van der Waals surface area contributed by atoms with Gasteiger partial charge < -0.3 is 14.8 Å². The molecule has 0 radical (unpaired) electrons. The van der Waals surface area contributed by atoms with Gasteiger partial charge in [-0.3, -0.25) is 0 Å². The Morgan fingerprint density at radius 2 is 1.65 bits per heavy atom. The molecule has 2 unspecified atom stereocenters. The molecule has 166 valence electrons. The molecule has 2 aromatic carbocycles. The Labute approximate surface area is 191 Å². The highest BCUT2D eigenvalue weighted by Gasteiger charge is 2.59. The minimum atomic E-state index is 0.256. The van der Waals surface area contributed by atoms with Crippen LogP contribution in [0.1, 0.15) is 63.5 Å². The molecule has 0 heterocycles. The van der Waals surface area contributed by atoms with Gasteiger partial charge in [-0.1, -0.05) is 55.8 Å². The van der Waals surface area contributed by atoms with Crippen molar-refractivity contribution < 1.29 is 9.47 Å². The number of nitrogens with one attached hydrogen (secondary N) is 1. The van der Waals surface area contributed by atoms with Crippen molar-refractivity contribution in [3.8, 4) is 11.5 Å². The first-order chi connectivity index (χ1) is 14.8. The lowest BCUT2D eigenvalue weighted by Gasteiger charge is -2.65. The Bertz CT molecular complexity index is 955. The van der Waals surface area contributed by atoms with E-state index in [0.717, 1.165) is 40.1 Å². The molecule has 2 aromatic rings. The molecule has 4 aliphatic carbocycles. The van der Waals surface area contributed by atoms with Crippen LogP contribution in [-0.2, 0) is 13.2 Å². The normalized spacial score (nSPS) is 33.5. The van der Waals surface area contributed by atoms with E-state index in [9.17, 15) is 0 Å². The Balaban J connectivity index is 1.36. The highest BCUT2D eigenvalue weighted by atomic mass is 35.5. The molecule has 4 saturated carbocycles. The van der Waals surface area contributed by atoms with Gasteiger partial charge in [0, 0.05) is 28.2 Å². The molecule has 4 bridgehead atoms. The second-order valence-corrected chi connectivity index (χ2v) is 11.5. The van der Waals surface area contributed by atoms with Gasteiger partial charge in [-0.15, -0.1) is 0 Å². The zero-order valence-corrected chi connectivity index (χ0v) is 19.7. The van der Waals surface area contributed by atoms with Crippen molar-refractivity contribution in [2.45, 2.75) is 71.1 Å². The van der Waals surface area contributed by atoms with Crippen LogP contribution >= 0.6 is 11.6 Å². The number of halogens is 1. The number of hydrogen-bond donors (Lipinski definition) is 1. The molecule has 0 aromatic heterocycles. The molecule has 6 rings (SSSR count). The molecule has 0 saturated heterocycles. The molecule has 0 spiro atoms. The van der Waals surface area contributed by atoms with E-state index in [4.69, 9.17) is 21.1 Å². The number of methoxy groups -OCH3 is 1. The minimum absolute atomic E-state index is 0.256. The van der Waals surface area contributed by atoms with Crippen LogP contribution < -0.4 is 14.8 Å². The fraction of sp³-hybridized carbons (Fsp3) is 0.556. The minimum Gasteiger partial charge on any atom is -0.493 e. The van der Waals surface area contributed by atoms with Gasteiger partial charge in [0.25, 0.3) is 0 Å². The van der Waals surface area contributed by atoms with Gasteiger partial charge in [-0.05, 0) is 67.4 Å². The molecule has 4 heteroatoms. The Morgan fingerprint density at radius 1 is 0.935 bits per heavy atom. The average molecular weight is 440 g/mol. The Morgan fingerprint density at radius 3 is 2.32 bits per heavy atom. The van der Waals surface area contributed by atoms with Gasteiger partial charge in [0.1, 0.15) is 6.61 Å². The molecular formula is C27H34ClNO2. The molecule has 1 N–H and O–H groups in total. The first-order valence-electron chi connectivity index (χ1n) is 11.6. The van der Waals surface area contributed by atoms with Crippen molar-refractivity contribution in [1.29, 1.82) is 0 Å². The van der Waals surface area contributed by atoms with E-state index in [1.165, 1.54) is 38.5 Å². The third-order valence-corrected chi connectivity index (χ3v) is 8.26. The van der Waals surface area contributed by atoms with Gasteiger partial charge in [-0.2, -0.15) is 0 Å². The van der Waals surface area contributed by atoms with E-state index in [-0.39, 0.29) is 5.54 Å². The maximum Gasteiger partial charge on any atom is 0.166 e. The summed E-state index contributed by atoms with van der Waals surface area (Å²) < 4.78 is 11.9. The van der Waals surface area contributed by atoms with Crippen LogP contribution in [0.5, 0.6) is 11.5 Å². The second-order valence-electron chi connectivity index (χ2n) is 11.1. The fourth-order valence-electron chi connectivity index (χ4n) is 7.72. The SMILES string of the molecule is COc1cccc(CNC23CC4CC(C)(CC(C)(C4)C2)C3)c1OCc1ccccc1Cl. The smallest absolute Gasteiger partial charge is 0.166 e. The topological polar surface area (TPSA) is 30.5 Å². The van der Waals surface area contributed by atoms with Crippen LogP contribution in [0.3, 0.4) is 0 Å². The molecule has 0 aliphatic heterocycles. The zero-order valence-electron chi connectivity index (χ0n) is 19.0. The van der Waals surface area contributed by atoms with Crippen molar-refractivity contribution in [3.05, 3.63) is 58.6 Å². The summed E-state index contributed by atoms with van der Waals surface area (Å²) in [7, 11) is 1.70. The summed E-state index contributed by atoms with van der Waals surface area (Å²) in [5.41, 5.74) is 3.39. The van der Waals surface area contributed by atoms with E-state index in [2.05, 4.69) is 31.3 Å². The van der Waals surface area contributed by atoms with Crippen molar-refractivity contribution in [3.63, 3.8) is 0 Å². The van der Waals surface area contributed by atoms with Crippen LogP contribution in [0.2, 0.25) is 5.02 Å². The van der Waals surface area contributed by atoms with Crippen molar-refractivity contribution in [1.82, 2.24) is 5.32 Å². The van der Waals surface area contributed by atoms with E-state index in [1.807, 2.05) is 30.3 Å². The number of benzene rings is 2. The molecule has 31 heavy (non-hydrogen) atoms. The monoisotopic (exact) mass is 439 g/mol. The molecule has 4 aliphatic rings. The molecule has 0 amide bonds. The van der Waals surface area contributed by atoms with Crippen LogP contribution in [0.25, 0.3) is 0 Å². The number of ether oxygens (including phenoxy) is 2. The van der Waals surface area contributed by atoms with Crippen LogP contribution in [0, 0.1) is 16.7 Å². The second kappa shape index (κ2) is 7.71. The number of para-hydroxylation sites is 1. The maximum atomic E-state index is 6.34. The van der Waals surface area contributed by atoms with Gasteiger partial charge in [-0.25, -0.2) is 0 Å². The van der Waals surface area contributed by atoms with E-state index in [0.29, 0.717) is 17.4 Å². The first-order valence-corrected chi connectivity index (χ1v) is 12.0. The molecular weight excluding hydrogens is 406 g/mol. The Hall–Kier alpha value is -1.71. The van der Waals surface area contributed by atoms with Gasteiger partial charge >= 0.3 is 0 Å². The lowest BCUT2D eigenvalue weighted by atomic mass is 9.43. The summed E-state index contributed by atoms with van der Waals surface area (Å²) >= 11 is 6.34. The first kappa shape index (κ1) is 21.2. The maximum absolute atomic E-state index is 6.34. The summed E-state index contributed by atoms with van der Waals surface area (Å²) in [6.07, 6.45) is 8.13. The lowest BCUT2D eigenvalue weighted by molar-refractivity contribution is -0.118. The third-order valence-electron chi connectivity index (χ3n) is 7.89. The van der Waals surface area contributed by atoms with Crippen LogP contribution in [0.4, 0.5) is 0 Å². The summed E-state index contributed by atoms with van der Waals surface area (Å²) in [4.78, 5) is 0. The van der Waals surface area contributed by atoms with Gasteiger partial charge in [0.05, 0.1) is 7.11 Å². The zero-order chi connectivity index (χ0) is 21.7. The van der Waals surface area contributed by atoms with E-state index >= 15 is 0 Å². The summed E-state index contributed by atoms with van der Waals surface area (Å²) in [6.45, 7) is 6.27. The highest BCUT2D eigenvalue weighted by molar-refractivity contribution is 6.31. The molecule has 3 nitrogen and oxygen atoms in total. The van der Waals surface area contributed by atoms with Crippen LogP contribution in [-0.4, -0.2) is 12.6 Å². The largest absolute Gasteiger partial charge is 0.493 e. The standard InChI is InChI=1S/C27H34ClNO2/c1-25-11-19-12-26(2,16-25)18-27(13-19,17-25)29-14-20-8-6-10-23(30-3)24(20)31-15-21-7-4-5-9-22(21)28/h4-10,19,29H,11-18H2,1-3H3. The predicted molar refractivity (Wildman–Crippen MR) is 126 cm³/mol. The number of hydrogen-bond acceptors (Lipinski definition) is 3. The average Bonchev–Trinajstić information content (AvgIpc) is 2.69. The van der Waals surface area contributed by atoms with Gasteiger partial charge in [0.2, 0.25) is 0 Å². The number of rotatable bonds is 7. The van der Waals surface area contributed by atoms with Crippen molar-refractivity contribution in [2.75, 3.05) is 7.11 Å². The quantitative estimate of drug-likeness (QED) is 0.516. The molecule has 4 fully saturated rings. The van der Waals surface area contributed by atoms with E-state index < -0.39 is 0 Å². The lowest BCUT2D eigenvalue weighted by Crippen LogP contribution is -2.63. The summed E-state index contributed by atoms with van der Waals surface area (Å²) in [6, 6.07) is 14.0. The fourth-order valence-corrected chi connectivity index (χ4v) is 7.91. The van der Waals surface area contributed by atoms with Gasteiger partial charge in [0.15, 0.2) is 11.5 Å². The Kier molecular flexibility index (Phi) is 5.26. The van der Waals surface area contributed by atoms with Crippen LogP contribution in [0.15, 0.2) is 42.5 Å². The molecule has 2 atom stereocenters. The van der Waals surface area contributed by atoms with Crippen molar-refractivity contribution in [2.24, 2.45) is 16.7 Å². The van der Waals surface area contributed by atoms with E-state index in [1.54, 1.807) is 7.11 Å². The predicted octanol–water partition coefficient (Wildman–Crippen LogP) is 6.77.